The number of carboxylic acid groups (broad SMARTS) is 1. The van der Waals surface area contributed by atoms with Gasteiger partial charge in [-0.15, -0.1) is 0 Å². The van der Waals surface area contributed by atoms with Crippen molar-refractivity contribution in [1.29, 1.82) is 0 Å². The molecule has 1 aromatic carbocycles. The summed E-state index contributed by atoms with van der Waals surface area (Å²) < 4.78 is 9.66. The molecule has 1 amide bonds. The standard InChI is InChI=1S/C17H23N5O7/c1-17(2,3)28-16(25)19-11(15(23)24)6-4-5-9-18-10-7-8-12(22(26)27)14-13(10)20-29-21-14/h7-8,11,18H,4-6,9H2,1-3H3,(H,19,25)(H,23,24)/t11-/m0/s1. The molecule has 3 N–H and O–H groups in total. The molecular weight excluding hydrogens is 386 g/mol. The summed E-state index contributed by atoms with van der Waals surface area (Å²) in [6, 6.07) is 1.75. The van der Waals surface area contributed by atoms with E-state index in [-0.39, 0.29) is 23.1 Å². The maximum Gasteiger partial charge on any atom is 0.408 e. The second-order valence-electron chi connectivity index (χ2n) is 7.31. The number of rotatable bonds is 9. The molecule has 0 radical (unpaired) electrons. The van der Waals surface area contributed by atoms with Crippen LogP contribution in [-0.2, 0) is 9.53 Å². The third-order valence-electron chi connectivity index (χ3n) is 3.81. The van der Waals surface area contributed by atoms with Gasteiger partial charge in [-0.2, -0.15) is 0 Å². The number of nitrogens with zero attached hydrogens (tertiary/aromatic N) is 3. The zero-order valence-corrected chi connectivity index (χ0v) is 16.3. The van der Waals surface area contributed by atoms with Crippen molar-refractivity contribution in [1.82, 2.24) is 15.6 Å². The fraction of sp³-hybridized carbons (Fsp3) is 0.529. The fourth-order valence-corrected chi connectivity index (χ4v) is 2.55. The number of nitro groups is 1. The number of alkyl carbamates (subject to hydrolysis) is 1. The van der Waals surface area contributed by atoms with E-state index in [1.165, 1.54) is 12.1 Å². The highest BCUT2D eigenvalue weighted by atomic mass is 16.6. The van der Waals surface area contributed by atoms with E-state index in [9.17, 15) is 24.8 Å². The van der Waals surface area contributed by atoms with Crippen LogP contribution in [-0.4, -0.2) is 50.6 Å². The number of carbonyl (C=O) groups excluding carboxylic acids is 1. The summed E-state index contributed by atoms with van der Waals surface area (Å²) in [5.41, 5.74) is -0.108. The smallest absolute Gasteiger partial charge is 0.408 e. The van der Waals surface area contributed by atoms with Crippen LogP contribution in [0, 0.1) is 10.1 Å². The van der Waals surface area contributed by atoms with Gasteiger partial charge in [-0.1, -0.05) is 0 Å². The van der Waals surface area contributed by atoms with Gasteiger partial charge in [0, 0.05) is 12.6 Å². The van der Waals surface area contributed by atoms with Crippen LogP contribution in [0.4, 0.5) is 16.2 Å². The number of carboxylic acids is 1. The SMILES string of the molecule is CC(C)(C)OC(=O)N[C@@H](CCCCNc1ccc([N+](=O)[O-])c2nonc12)C(=O)O. The summed E-state index contributed by atoms with van der Waals surface area (Å²) in [5.74, 6) is -1.14. The van der Waals surface area contributed by atoms with Gasteiger partial charge < -0.3 is 20.5 Å². The van der Waals surface area contributed by atoms with Crippen molar-refractivity contribution in [2.24, 2.45) is 0 Å². The van der Waals surface area contributed by atoms with Crippen molar-refractivity contribution in [2.75, 3.05) is 11.9 Å². The van der Waals surface area contributed by atoms with Crippen LogP contribution in [0.2, 0.25) is 0 Å². The van der Waals surface area contributed by atoms with Gasteiger partial charge in [0.15, 0.2) is 5.52 Å². The van der Waals surface area contributed by atoms with E-state index in [1.54, 1.807) is 20.8 Å². The summed E-state index contributed by atoms with van der Waals surface area (Å²) in [6.07, 6.45) is 0.531. The Hall–Kier alpha value is -3.44. The summed E-state index contributed by atoms with van der Waals surface area (Å²) in [4.78, 5) is 33.5. The Balaban J connectivity index is 1.84. The minimum atomic E-state index is -1.14. The average molecular weight is 409 g/mol. The lowest BCUT2D eigenvalue weighted by molar-refractivity contribution is -0.383. The number of nitrogens with one attached hydrogen (secondary N) is 2. The minimum Gasteiger partial charge on any atom is -0.480 e. The van der Waals surface area contributed by atoms with Crippen molar-refractivity contribution < 1.29 is 29.0 Å². The number of benzene rings is 1. The molecule has 2 aromatic rings. The van der Waals surface area contributed by atoms with Gasteiger partial charge in [-0.25, -0.2) is 14.2 Å². The van der Waals surface area contributed by atoms with E-state index in [2.05, 4.69) is 25.6 Å². The first-order valence-electron chi connectivity index (χ1n) is 8.94. The van der Waals surface area contributed by atoms with Gasteiger partial charge in [0.1, 0.15) is 11.6 Å². The molecule has 1 atom stereocenters. The number of amides is 1. The predicted octanol–water partition coefficient (Wildman–Crippen LogP) is 2.69. The number of unbranched alkanes of at least 4 members (excludes halogenated alkanes) is 1. The molecule has 1 aromatic heterocycles. The van der Waals surface area contributed by atoms with Gasteiger partial charge in [-0.3, -0.25) is 10.1 Å². The minimum absolute atomic E-state index is 0.0486. The molecule has 29 heavy (non-hydrogen) atoms. The lowest BCUT2D eigenvalue weighted by Crippen LogP contribution is -2.43. The molecule has 0 aliphatic rings. The zero-order valence-electron chi connectivity index (χ0n) is 16.3. The Kier molecular flexibility index (Phi) is 6.91. The van der Waals surface area contributed by atoms with Crippen molar-refractivity contribution in [3.8, 4) is 0 Å². The number of nitro benzene ring substituents is 1. The summed E-state index contributed by atoms with van der Waals surface area (Å²) in [7, 11) is 0. The van der Waals surface area contributed by atoms with E-state index in [1.807, 2.05) is 0 Å². The van der Waals surface area contributed by atoms with E-state index < -0.39 is 28.6 Å². The van der Waals surface area contributed by atoms with E-state index in [0.717, 1.165) is 0 Å². The second kappa shape index (κ2) is 9.17. The van der Waals surface area contributed by atoms with Crippen LogP contribution in [0.1, 0.15) is 40.0 Å². The van der Waals surface area contributed by atoms with Gasteiger partial charge in [0.2, 0.25) is 5.52 Å². The Morgan fingerprint density at radius 1 is 1.28 bits per heavy atom. The number of aromatic nitrogens is 2. The molecule has 0 aliphatic carbocycles. The lowest BCUT2D eigenvalue weighted by Gasteiger charge is -2.22. The van der Waals surface area contributed by atoms with E-state index in [0.29, 0.717) is 25.1 Å². The lowest BCUT2D eigenvalue weighted by atomic mass is 10.1. The number of ether oxygens (including phenoxy) is 1. The second-order valence-corrected chi connectivity index (χ2v) is 7.31. The van der Waals surface area contributed by atoms with E-state index in [4.69, 9.17) is 4.74 Å². The number of aliphatic carboxylic acids is 1. The average Bonchev–Trinajstić information content (AvgIpc) is 3.08. The quantitative estimate of drug-likeness (QED) is 0.318. The Bertz CT molecular complexity index is 890. The Morgan fingerprint density at radius 2 is 1.97 bits per heavy atom. The number of hydrogen-bond donors (Lipinski definition) is 3. The highest BCUT2D eigenvalue weighted by molar-refractivity contribution is 5.93. The molecule has 12 nitrogen and oxygen atoms in total. The number of non-ortho nitro benzene ring substituents is 1. The van der Waals surface area contributed by atoms with Crippen molar-refractivity contribution in [2.45, 2.75) is 51.7 Å². The van der Waals surface area contributed by atoms with Crippen LogP contribution in [0.5, 0.6) is 0 Å². The molecule has 12 heteroatoms. The summed E-state index contributed by atoms with van der Waals surface area (Å²) in [5, 5.41) is 32.9. The largest absolute Gasteiger partial charge is 0.480 e. The molecule has 0 bridgehead atoms. The first kappa shape index (κ1) is 21.9. The monoisotopic (exact) mass is 409 g/mol. The number of fused-ring (bicyclic) bond motifs is 1. The molecule has 1 heterocycles. The number of carbonyl (C=O) groups is 2. The predicted molar refractivity (Wildman–Crippen MR) is 102 cm³/mol. The van der Waals surface area contributed by atoms with Crippen molar-refractivity contribution in [3.63, 3.8) is 0 Å². The topological polar surface area (TPSA) is 170 Å². The molecule has 0 unspecified atom stereocenters. The third-order valence-corrected chi connectivity index (χ3v) is 3.81. The van der Waals surface area contributed by atoms with Gasteiger partial charge in [0.05, 0.1) is 10.6 Å². The fourth-order valence-electron chi connectivity index (χ4n) is 2.55. The molecule has 0 fully saturated rings. The number of anilines is 1. The maximum atomic E-state index is 11.7. The first-order chi connectivity index (χ1) is 13.6. The maximum absolute atomic E-state index is 11.7. The normalized spacial score (nSPS) is 12.4. The highest BCUT2D eigenvalue weighted by Gasteiger charge is 2.23. The molecule has 2 rings (SSSR count). The van der Waals surface area contributed by atoms with Gasteiger partial charge >= 0.3 is 17.7 Å². The molecule has 158 valence electrons. The zero-order chi connectivity index (χ0) is 21.6. The summed E-state index contributed by atoms with van der Waals surface area (Å²) >= 11 is 0. The Labute approximate surface area is 165 Å². The van der Waals surface area contributed by atoms with E-state index >= 15 is 0 Å². The van der Waals surface area contributed by atoms with Gasteiger partial charge in [-0.05, 0) is 56.4 Å². The van der Waals surface area contributed by atoms with Crippen molar-refractivity contribution in [3.05, 3.63) is 22.2 Å². The molecule has 0 spiro atoms. The van der Waals surface area contributed by atoms with Gasteiger partial charge in [0.25, 0.3) is 0 Å². The highest BCUT2D eigenvalue weighted by Crippen LogP contribution is 2.28. The van der Waals surface area contributed by atoms with Crippen LogP contribution in [0.15, 0.2) is 16.8 Å². The number of hydrogen-bond acceptors (Lipinski definition) is 9. The first-order valence-corrected chi connectivity index (χ1v) is 8.94. The third kappa shape index (κ3) is 6.30. The van der Waals surface area contributed by atoms with Crippen LogP contribution in [0.25, 0.3) is 11.0 Å². The molecule has 0 aliphatic heterocycles. The Morgan fingerprint density at radius 3 is 2.59 bits per heavy atom. The molecular formula is C17H23N5O7. The summed E-state index contributed by atoms with van der Waals surface area (Å²) in [6.45, 7) is 5.52. The van der Waals surface area contributed by atoms with Crippen LogP contribution in [0.3, 0.4) is 0 Å². The molecule has 0 saturated heterocycles. The molecule has 0 saturated carbocycles. The van der Waals surface area contributed by atoms with Crippen LogP contribution >= 0.6 is 0 Å². The van der Waals surface area contributed by atoms with Crippen molar-refractivity contribution >= 4 is 34.5 Å². The van der Waals surface area contributed by atoms with Crippen LogP contribution < -0.4 is 10.6 Å².